The van der Waals surface area contributed by atoms with E-state index in [1.54, 1.807) is 5.10 Å². The summed E-state index contributed by atoms with van der Waals surface area (Å²) in [7, 11) is 0. The van der Waals surface area contributed by atoms with Crippen LogP contribution in [0.4, 0.5) is 32.0 Å². The number of amides is 1. The Morgan fingerprint density at radius 1 is 1.09 bits per heavy atom. The second-order valence-corrected chi connectivity index (χ2v) is 3.94. The third kappa shape index (κ3) is 3.32. The van der Waals surface area contributed by atoms with Gasteiger partial charge in [-0.25, -0.2) is 0 Å². The van der Waals surface area contributed by atoms with E-state index in [1.807, 2.05) is 5.32 Å². The number of rotatable bonds is 2. The van der Waals surface area contributed by atoms with Gasteiger partial charge in [-0.1, -0.05) is 0 Å². The van der Waals surface area contributed by atoms with E-state index in [9.17, 15) is 31.1 Å². The smallest absolute Gasteiger partial charge is 0.320 e. The average Bonchev–Trinajstić information content (AvgIpc) is 2.87. The Bertz CT molecular complexity index is 692. The van der Waals surface area contributed by atoms with Crippen molar-refractivity contribution in [1.82, 2.24) is 20.4 Å². The van der Waals surface area contributed by atoms with Crippen LogP contribution in [0.2, 0.25) is 0 Å². The van der Waals surface area contributed by atoms with Crippen molar-refractivity contribution in [2.75, 3.05) is 5.32 Å². The molecular weight excluding hydrogens is 320 g/mol. The first-order valence-corrected chi connectivity index (χ1v) is 5.41. The molecule has 0 aromatic carbocycles. The quantitative estimate of drug-likeness (QED) is 0.831. The lowest BCUT2D eigenvalue weighted by Gasteiger charge is -2.09. The third-order valence-electron chi connectivity index (χ3n) is 2.37. The van der Waals surface area contributed by atoms with E-state index in [2.05, 4.69) is 15.3 Å². The van der Waals surface area contributed by atoms with Crippen LogP contribution in [-0.4, -0.2) is 26.3 Å². The summed E-state index contributed by atoms with van der Waals surface area (Å²) in [4.78, 5) is 11.7. The number of aromatic nitrogens is 4. The van der Waals surface area contributed by atoms with Crippen LogP contribution >= 0.6 is 0 Å². The molecule has 1 amide bonds. The number of nitrogens with zero attached hydrogens (tertiary/aromatic N) is 3. The lowest BCUT2D eigenvalue weighted by Crippen LogP contribution is -2.18. The van der Waals surface area contributed by atoms with Gasteiger partial charge in [0, 0.05) is 0 Å². The molecule has 0 bridgehead atoms. The second kappa shape index (κ2) is 5.27. The van der Waals surface area contributed by atoms with E-state index < -0.39 is 40.9 Å². The van der Waals surface area contributed by atoms with Crippen LogP contribution < -0.4 is 5.32 Å². The highest BCUT2D eigenvalue weighted by molar-refractivity contribution is 6.04. The average molecular weight is 325 g/mol. The Labute approximate surface area is 117 Å². The molecule has 0 atom stereocenters. The molecule has 0 radical (unpaired) electrons. The summed E-state index contributed by atoms with van der Waals surface area (Å²) in [5.74, 6) is -1.29. The fourth-order valence-corrected chi connectivity index (χ4v) is 1.45. The number of H-pyrrole nitrogens is 1. The molecule has 118 valence electrons. The highest BCUT2D eigenvalue weighted by Gasteiger charge is 2.38. The first kappa shape index (κ1) is 15.7. The van der Waals surface area contributed by atoms with Crippen LogP contribution in [0.5, 0.6) is 0 Å². The van der Waals surface area contributed by atoms with Crippen LogP contribution in [0.3, 0.4) is 0 Å². The SMILES string of the molecule is O=C(Nc1cnnc(C(F)(F)F)c1)c1cn[nH]c1C(F)(F)F. The number of nitrogens with one attached hydrogen (secondary N) is 2. The van der Waals surface area contributed by atoms with Crippen molar-refractivity contribution in [2.45, 2.75) is 12.4 Å². The molecule has 6 nitrogen and oxygen atoms in total. The van der Waals surface area contributed by atoms with Gasteiger partial charge in [0.25, 0.3) is 5.91 Å². The van der Waals surface area contributed by atoms with Gasteiger partial charge < -0.3 is 5.32 Å². The second-order valence-electron chi connectivity index (χ2n) is 3.94. The molecule has 0 aliphatic carbocycles. The van der Waals surface area contributed by atoms with Gasteiger partial charge in [0.1, 0.15) is 0 Å². The molecule has 0 aliphatic heterocycles. The molecule has 0 aliphatic rings. The Morgan fingerprint density at radius 3 is 2.36 bits per heavy atom. The van der Waals surface area contributed by atoms with E-state index in [1.165, 1.54) is 0 Å². The van der Waals surface area contributed by atoms with Crippen molar-refractivity contribution >= 4 is 11.6 Å². The Balaban J connectivity index is 2.25. The minimum absolute atomic E-state index is 0.443. The Kier molecular flexibility index (Phi) is 3.77. The molecule has 0 fully saturated rings. The van der Waals surface area contributed by atoms with Crippen molar-refractivity contribution in [2.24, 2.45) is 0 Å². The van der Waals surface area contributed by atoms with Crippen molar-refractivity contribution in [3.8, 4) is 0 Å². The number of carbonyl (C=O) groups excluding carboxylic acids is 1. The molecule has 0 spiro atoms. The highest BCUT2D eigenvalue weighted by atomic mass is 19.4. The summed E-state index contributed by atoms with van der Waals surface area (Å²) in [6.45, 7) is 0. The van der Waals surface area contributed by atoms with Crippen LogP contribution in [0.1, 0.15) is 21.7 Å². The van der Waals surface area contributed by atoms with Gasteiger partial charge in [-0.05, 0) is 6.07 Å². The van der Waals surface area contributed by atoms with Gasteiger partial charge >= 0.3 is 12.4 Å². The van der Waals surface area contributed by atoms with Crippen LogP contribution in [0.25, 0.3) is 0 Å². The maximum Gasteiger partial charge on any atom is 0.435 e. The zero-order valence-corrected chi connectivity index (χ0v) is 10.2. The van der Waals surface area contributed by atoms with Gasteiger partial charge in [-0.2, -0.15) is 36.5 Å². The molecule has 2 rings (SSSR count). The van der Waals surface area contributed by atoms with Crippen LogP contribution in [0, 0.1) is 0 Å². The number of aromatic amines is 1. The lowest BCUT2D eigenvalue weighted by molar-refractivity contribution is -0.142. The molecule has 0 saturated carbocycles. The van der Waals surface area contributed by atoms with Gasteiger partial charge in [-0.15, -0.1) is 5.10 Å². The first-order chi connectivity index (χ1) is 10.1. The number of alkyl halides is 6. The minimum Gasteiger partial charge on any atom is -0.320 e. The number of halogens is 6. The van der Waals surface area contributed by atoms with Gasteiger partial charge in [0.2, 0.25) is 0 Å². The van der Waals surface area contributed by atoms with Crippen molar-refractivity contribution in [3.05, 3.63) is 35.4 Å². The van der Waals surface area contributed by atoms with E-state index >= 15 is 0 Å². The molecule has 2 heterocycles. The predicted octanol–water partition coefficient (Wildman–Crippen LogP) is 2.49. The zero-order chi connectivity index (χ0) is 16.5. The van der Waals surface area contributed by atoms with Crippen molar-refractivity contribution < 1.29 is 31.1 Å². The van der Waals surface area contributed by atoms with E-state index in [4.69, 9.17) is 0 Å². The Morgan fingerprint density at radius 2 is 1.77 bits per heavy atom. The first-order valence-electron chi connectivity index (χ1n) is 5.41. The molecular formula is C10H5F6N5O. The summed E-state index contributed by atoms with van der Waals surface area (Å²) < 4.78 is 75.0. The van der Waals surface area contributed by atoms with Crippen LogP contribution in [-0.2, 0) is 12.4 Å². The molecule has 2 aromatic rings. The summed E-state index contributed by atoms with van der Waals surface area (Å²) >= 11 is 0. The minimum atomic E-state index is -4.86. The van der Waals surface area contributed by atoms with E-state index in [0.29, 0.717) is 12.3 Å². The number of anilines is 1. The molecule has 2 aromatic heterocycles. The fraction of sp³-hybridized carbons (Fsp3) is 0.200. The zero-order valence-electron chi connectivity index (χ0n) is 10.2. The van der Waals surface area contributed by atoms with Crippen molar-refractivity contribution in [1.29, 1.82) is 0 Å². The fourth-order valence-electron chi connectivity index (χ4n) is 1.45. The van der Waals surface area contributed by atoms with Gasteiger partial charge in [-0.3, -0.25) is 9.89 Å². The molecule has 0 unspecified atom stereocenters. The van der Waals surface area contributed by atoms with E-state index in [0.717, 1.165) is 6.20 Å². The maximum atomic E-state index is 12.6. The summed E-state index contributed by atoms with van der Waals surface area (Å²) in [6, 6.07) is 0.443. The van der Waals surface area contributed by atoms with Gasteiger partial charge in [0.15, 0.2) is 11.4 Å². The summed E-state index contributed by atoms with van der Waals surface area (Å²) in [5, 5.41) is 12.4. The molecule has 12 heteroatoms. The normalized spacial score (nSPS) is 12.3. The lowest BCUT2D eigenvalue weighted by atomic mass is 10.2. The number of carbonyl (C=O) groups is 1. The monoisotopic (exact) mass is 325 g/mol. The largest absolute Gasteiger partial charge is 0.435 e. The standard InChI is InChI=1S/C10H5F6N5O/c11-9(12,13)6-1-4(2-17-20-6)19-8(22)5-3-18-21-7(5)10(14,15)16/h1-3H,(H,18,21)(H,19,20,22). The van der Waals surface area contributed by atoms with E-state index in [-0.39, 0.29) is 0 Å². The predicted molar refractivity (Wildman–Crippen MR) is 58.6 cm³/mol. The van der Waals surface area contributed by atoms with Crippen molar-refractivity contribution in [3.63, 3.8) is 0 Å². The summed E-state index contributed by atoms with van der Waals surface area (Å²) in [6.07, 6.45) is -8.30. The molecule has 2 N–H and O–H groups in total. The van der Waals surface area contributed by atoms with Crippen LogP contribution in [0.15, 0.2) is 18.5 Å². The highest BCUT2D eigenvalue weighted by Crippen LogP contribution is 2.31. The topological polar surface area (TPSA) is 83.6 Å². The Hall–Kier alpha value is -2.66. The number of hydrogen-bond donors (Lipinski definition) is 2. The number of hydrogen-bond acceptors (Lipinski definition) is 4. The van der Waals surface area contributed by atoms with Gasteiger partial charge in [0.05, 0.1) is 23.6 Å². The molecule has 22 heavy (non-hydrogen) atoms. The molecule has 0 saturated heterocycles. The summed E-state index contributed by atoms with van der Waals surface area (Å²) in [5.41, 5.74) is -4.13. The maximum absolute atomic E-state index is 12.6. The third-order valence-corrected chi connectivity index (χ3v) is 2.37.